The van der Waals surface area contributed by atoms with Crippen LogP contribution in [0.1, 0.15) is 92.1 Å². The van der Waals surface area contributed by atoms with Gasteiger partial charge in [-0.1, -0.05) is 60.4 Å². The first-order valence-corrected chi connectivity index (χ1v) is 14.7. The Morgan fingerprint density at radius 2 is 1.34 bits per heavy atom. The van der Waals surface area contributed by atoms with Crippen molar-refractivity contribution in [1.82, 2.24) is 37.9 Å². The van der Waals surface area contributed by atoms with E-state index in [1.165, 1.54) is 0 Å². The van der Waals surface area contributed by atoms with Gasteiger partial charge in [-0.25, -0.2) is 9.59 Å². The number of esters is 1. The van der Waals surface area contributed by atoms with Crippen LogP contribution in [0.2, 0.25) is 0 Å². The maximum absolute atomic E-state index is 13.4. The molecule has 44 heavy (non-hydrogen) atoms. The summed E-state index contributed by atoms with van der Waals surface area (Å²) >= 11 is 0. The minimum Gasteiger partial charge on any atom is -0.458 e. The molecule has 13 nitrogen and oxygen atoms in total. The largest absolute Gasteiger partial charge is 1.00 e. The van der Waals surface area contributed by atoms with E-state index >= 15 is 0 Å². The number of amides is 3. The molecule has 3 amide bonds. The van der Waals surface area contributed by atoms with Crippen LogP contribution in [-0.4, -0.2) is 53.7 Å². The molecular weight excluding hydrogens is 577 g/mol. The molecule has 1 heterocycles. The van der Waals surface area contributed by atoms with Gasteiger partial charge in [-0.15, -0.1) is 0 Å². The number of rotatable bonds is 16. The summed E-state index contributed by atoms with van der Waals surface area (Å²) in [7, 11) is 0. The van der Waals surface area contributed by atoms with Gasteiger partial charge in [0.05, 0.1) is 0 Å². The van der Waals surface area contributed by atoms with Gasteiger partial charge in [-0.2, -0.15) is 0 Å². The van der Waals surface area contributed by atoms with Gasteiger partial charge in [0.1, 0.15) is 23.3 Å². The van der Waals surface area contributed by atoms with Crippen LogP contribution in [-0.2, 0) is 30.3 Å². The summed E-state index contributed by atoms with van der Waals surface area (Å²) < 4.78 is 10.8. The van der Waals surface area contributed by atoms with Crippen LogP contribution in [0.4, 0.5) is 4.79 Å². The van der Waals surface area contributed by atoms with Gasteiger partial charge in [-0.05, 0) is 71.0 Å². The molecule has 1 saturated heterocycles. The Morgan fingerprint density at radius 1 is 0.750 bits per heavy atom. The molecule has 5 radical (unpaired) electrons. The molecule has 2 atom stereocenters. The van der Waals surface area contributed by atoms with Gasteiger partial charge in [0.2, 0.25) is 11.8 Å². The van der Waals surface area contributed by atoms with E-state index in [-0.39, 0.29) is 60.9 Å². The Labute approximate surface area is 283 Å². The predicted octanol–water partition coefficient (Wildman–Crippen LogP) is -0.535. The van der Waals surface area contributed by atoms with Gasteiger partial charge in [-0.3, -0.25) is 9.59 Å². The molecule has 0 unspecified atom stereocenters. The summed E-state index contributed by atoms with van der Waals surface area (Å²) in [5, 5.41) is 8.24. The Balaban J connectivity index is 0.00000968. The van der Waals surface area contributed by atoms with E-state index in [4.69, 9.17) is 9.47 Å². The maximum Gasteiger partial charge on any atom is 1.00 e. The topological polar surface area (TPSA) is 179 Å². The second-order valence-corrected chi connectivity index (χ2v) is 12.4. The molecule has 3 N–H and O–H groups in total. The summed E-state index contributed by atoms with van der Waals surface area (Å²) in [6.07, 6.45) is 4.18. The van der Waals surface area contributed by atoms with E-state index in [9.17, 15) is 19.2 Å². The number of nitrogens with zero attached hydrogens (tertiary/aromatic N) is 4. The molecule has 0 aromatic heterocycles. The quantitative estimate of drug-likeness (QED) is 0.126. The third kappa shape index (κ3) is 17.9. The van der Waals surface area contributed by atoms with Crippen molar-refractivity contribution in [3.05, 3.63) is 42.1 Å². The molecule has 0 bridgehead atoms. The number of carbonyl (C=O) groups excluding carboxylic acids is 4. The van der Waals surface area contributed by atoms with Crippen molar-refractivity contribution in [3.63, 3.8) is 0 Å². The molecular formula is C30H46N7NaO6+. The van der Waals surface area contributed by atoms with E-state index in [1.807, 2.05) is 51.1 Å². The molecule has 0 spiro atoms. The smallest absolute Gasteiger partial charge is 0.458 e. The number of hydrogen-bond acceptors (Lipinski definition) is 6. The normalized spacial score (nSPS) is 15.0. The Kier molecular flexibility index (Phi) is 18.1. The third-order valence-electron chi connectivity index (χ3n) is 5.94. The molecule has 1 aromatic carbocycles. The fourth-order valence-corrected chi connectivity index (χ4v) is 4.04. The second-order valence-electron chi connectivity index (χ2n) is 12.4. The summed E-state index contributed by atoms with van der Waals surface area (Å²) in [6, 6.07) is 7.25. The number of unbranched alkanes of at least 4 members (excludes halogenated alkanes) is 4. The molecule has 14 heteroatoms. The average molecular weight is 624 g/mol. The van der Waals surface area contributed by atoms with Crippen molar-refractivity contribution in [3.8, 4) is 0 Å². The van der Waals surface area contributed by atoms with Crippen LogP contribution < -0.4 is 67.4 Å². The van der Waals surface area contributed by atoms with Gasteiger partial charge in [0, 0.05) is 25.8 Å². The SMILES string of the molecule is CC(C)(C)OC(=O)NCCCCCCCC(=O)N[C@@H](C[C]1[N][N][N][N]1)C(=O)N[C@@H](Cc1ccccc1)C(=O)OC(C)(C)C.[Na+]. The van der Waals surface area contributed by atoms with Crippen molar-refractivity contribution in [1.29, 1.82) is 0 Å². The molecule has 0 saturated carbocycles. The van der Waals surface area contributed by atoms with Crippen molar-refractivity contribution in [2.45, 2.75) is 116 Å². The van der Waals surface area contributed by atoms with Gasteiger partial charge >= 0.3 is 41.6 Å². The summed E-state index contributed by atoms with van der Waals surface area (Å²) in [4.78, 5) is 50.9. The molecule has 1 aliphatic heterocycles. The zero-order valence-electron chi connectivity index (χ0n) is 27.1. The van der Waals surface area contributed by atoms with Crippen molar-refractivity contribution in [2.24, 2.45) is 0 Å². The van der Waals surface area contributed by atoms with Gasteiger partial charge in [0.15, 0.2) is 6.17 Å². The van der Waals surface area contributed by atoms with Gasteiger partial charge < -0.3 is 25.4 Å². The molecule has 237 valence electrons. The van der Waals surface area contributed by atoms with Crippen LogP contribution in [0, 0.1) is 6.17 Å². The molecule has 1 aromatic rings. The first-order valence-electron chi connectivity index (χ1n) is 14.7. The zero-order chi connectivity index (χ0) is 31.9. The van der Waals surface area contributed by atoms with Crippen molar-refractivity contribution < 1.29 is 58.2 Å². The van der Waals surface area contributed by atoms with E-state index < -0.39 is 41.3 Å². The number of nitrogens with one attached hydrogen (secondary N) is 3. The van der Waals surface area contributed by atoms with Crippen LogP contribution in [0.5, 0.6) is 0 Å². The second kappa shape index (κ2) is 20.0. The van der Waals surface area contributed by atoms with Crippen LogP contribution in [0.25, 0.3) is 0 Å². The molecule has 1 aliphatic rings. The number of alkyl carbamates (subject to hydrolysis) is 1. The van der Waals surface area contributed by atoms with Crippen molar-refractivity contribution in [2.75, 3.05) is 6.54 Å². The van der Waals surface area contributed by atoms with Crippen molar-refractivity contribution >= 4 is 23.9 Å². The fourth-order valence-electron chi connectivity index (χ4n) is 4.04. The van der Waals surface area contributed by atoms with E-state index in [0.29, 0.717) is 13.0 Å². The van der Waals surface area contributed by atoms with Crippen LogP contribution in [0.3, 0.4) is 0 Å². The van der Waals surface area contributed by atoms with Gasteiger partial charge in [0.25, 0.3) is 0 Å². The fraction of sp³-hybridized carbons (Fsp3) is 0.633. The Bertz CT molecular complexity index is 1030. The number of ether oxygens (including phenoxy) is 2. The first-order chi connectivity index (χ1) is 20.2. The van der Waals surface area contributed by atoms with E-state index in [0.717, 1.165) is 31.2 Å². The summed E-state index contributed by atoms with van der Waals surface area (Å²) in [5.74, 6) is -1.46. The average Bonchev–Trinajstić information content (AvgIpc) is 3.41. The molecule has 1 fully saturated rings. The third-order valence-corrected chi connectivity index (χ3v) is 5.94. The summed E-state index contributed by atoms with van der Waals surface area (Å²) in [6.45, 7) is 11.2. The minimum absolute atomic E-state index is 0. The minimum atomic E-state index is -1.04. The first kappa shape index (κ1) is 39.8. The number of benzene rings is 1. The number of hydrogen-bond donors (Lipinski definition) is 3. The maximum atomic E-state index is 13.4. The number of carbonyl (C=O) groups is 4. The van der Waals surface area contributed by atoms with E-state index in [2.05, 4.69) is 37.9 Å². The van der Waals surface area contributed by atoms with E-state index in [1.54, 1.807) is 20.8 Å². The zero-order valence-corrected chi connectivity index (χ0v) is 29.1. The summed E-state index contributed by atoms with van der Waals surface area (Å²) in [5.41, 5.74) is 14.0. The Morgan fingerprint density at radius 3 is 1.95 bits per heavy atom. The van der Waals surface area contributed by atoms with Crippen LogP contribution in [0.15, 0.2) is 30.3 Å². The Hall–Kier alpha value is -2.26. The van der Waals surface area contributed by atoms with Crippen LogP contribution >= 0.6 is 0 Å². The predicted molar refractivity (Wildman–Crippen MR) is 158 cm³/mol. The molecule has 0 aliphatic carbocycles. The monoisotopic (exact) mass is 623 g/mol. The standard InChI is InChI=1S/C30H46N7O6.Na/c1-29(2,3)42-27(40)23(19-21-15-11-10-12-16-21)33-26(39)22(20-24-34-36-37-35-24)32-25(38)17-13-8-7-9-14-18-31-28(41)43-30(4,5)6;/h10-12,15-16,22-23H,7-9,13-14,17-20H2,1-6H3,(H,31,41)(H,32,38)(H,33,39);/q;+1/t22-,23-;/m0./s1. The molecule has 2 rings (SSSR count).